The molecule has 1 saturated heterocycles. The predicted molar refractivity (Wildman–Crippen MR) is 117 cm³/mol. The number of likely N-dealkylation sites (tertiary alicyclic amines) is 1. The molecule has 5 nitrogen and oxygen atoms in total. The Balaban J connectivity index is 0.00000312. The van der Waals surface area contributed by atoms with Crippen LogP contribution in [0.4, 0.5) is 0 Å². The maximum Gasteiger partial charge on any atom is 0.191 e. The second kappa shape index (κ2) is 12.3. The molecule has 148 valence electrons. The lowest BCUT2D eigenvalue weighted by molar-refractivity contribution is 0.0131. The Morgan fingerprint density at radius 3 is 2.60 bits per heavy atom. The van der Waals surface area contributed by atoms with Gasteiger partial charge in [-0.05, 0) is 52.5 Å². The zero-order chi connectivity index (χ0) is 17.3. The number of aliphatic hydroxyl groups is 1. The first-order chi connectivity index (χ1) is 11.6. The van der Waals surface area contributed by atoms with Gasteiger partial charge in [0.15, 0.2) is 5.96 Å². The molecule has 25 heavy (non-hydrogen) atoms. The fraction of sp³-hybridized carbons (Fsp3) is 0.947. The van der Waals surface area contributed by atoms with Crippen molar-refractivity contribution in [2.24, 2.45) is 4.99 Å². The quantitative estimate of drug-likeness (QED) is 0.234. The standard InChI is InChI=1S/C19H38N4O.HI/c1-3-20-18(22-16-19(24)11-6-4-7-12-19)21-13-9-15-23-14-8-5-10-17(23)2;/h17,24H,3-16H2,1-2H3,(H2,20,21,22);1H. The highest BCUT2D eigenvalue weighted by atomic mass is 127. The normalized spacial score (nSPS) is 24.4. The van der Waals surface area contributed by atoms with Crippen molar-refractivity contribution in [3.63, 3.8) is 0 Å². The van der Waals surface area contributed by atoms with Gasteiger partial charge in [0, 0.05) is 25.7 Å². The third-order valence-electron chi connectivity index (χ3n) is 5.52. The van der Waals surface area contributed by atoms with E-state index in [1.54, 1.807) is 0 Å². The molecule has 1 aliphatic carbocycles. The maximum atomic E-state index is 10.6. The van der Waals surface area contributed by atoms with E-state index in [2.05, 4.69) is 34.4 Å². The number of aliphatic imine (C=N–C) groups is 1. The molecule has 1 aliphatic heterocycles. The summed E-state index contributed by atoms with van der Waals surface area (Å²) in [6, 6.07) is 0.737. The summed E-state index contributed by atoms with van der Waals surface area (Å²) in [7, 11) is 0. The summed E-state index contributed by atoms with van der Waals surface area (Å²) >= 11 is 0. The van der Waals surface area contributed by atoms with Gasteiger partial charge in [-0.2, -0.15) is 0 Å². The molecule has 0 aromatic heterocycles. The van der Waals surface area contributed by atoms with Gasteiger partial charge in [0.05, 0.1) is 12.1 Å². The monoisotopic (exact) mass is 466 g/mol. The van der Waals surface area contributed by atoms with Crippen molar-refractivity contribution in [1.82, 2.24) is 15.5 Å². The van der Waals surface area contributed by atoms with Gasteiger partial charge < -0.3 is 20.6 Å². The van der Waals surface area contributed by atoms with Crippen LogP contribution in [0.25, 0.3) is 0 Å². The first-order valence-electron chi connectivity index (χ1n) is 10.1. The average Bonchev–Trinajstić information content (AvgIpc) is 2.58. The lowest BCUT2D eigenvalue weighted by atomic mass is 9.85. The molecule has 2 fully saturated rings. The minimum absolute atomic E-state index is 0. The van der Waals surface area contributed by atoms with Crippen molar-refractivity contribution in [3.05, 3.63) is 0 Å². The van der Waals surface area contributed by atoms with Gasteiger partial charge in [-0.25, -0.2) is 0 Å². The molecule has 0 aromatic carbocycles. The minimum atomic E-state index is -0.580. The molecule has 2 aliphatic rings. The third-order valence-corrected chi connectivity index (χ3v) is 5.52. The van der Waals surface area contributed by atoms with Gasteiger partial charge in [0.1, 0.15) is 0 Å². The van der Waals surface area contributed by atoms with E-state index in [-0.39, 0.29) is 24.0 Å². The Bertz CT molecular complexity index is 386. The molecule has 1 unspecified atom stereocenters. The second-order valence-corrected chi connectivity index (χ2v) is 7.64. The van der Waals surface area contributed by atoms with Crippen LogP contribution in [0, 0.1) is 0 Å². The van der Waals surface area contributed by atoms with Crippen LogP contribution in [0.3, 0.4) is 0 Å². The number of nitrogens with one attached hydrogen (secondary N) is 2. The molecule has 3 N–H and O–H groups in total. The van der Waals surface area contributed by atoms with Gasteiger partial charge in [-0.1, -0.05) is 25.7 Å². The Kier molecular flexibility index (Phi) is 11.3. The fourth-order valence-corrected chi connectivity index (χ4v) is 3.91. The van der Waals surface area contributed by atoms with Crippen LogP contribution < -0.4 is 10.6 Å². The molecule has 6 heteroatoms. The summed E-state index contributed by atoms with van der Waals surface area (Å²) in [6.07, 6.45) is 10.5. The zero-order valence-corrected chi connectivity index (χ0v) is 18.6. The second-order valence-electron chi connectivity index (χ2n) is 7.64. The van der Waals surface area contributed by atoms with Crippen molar-refractivity contribution in [1.29, 1.82) is 0 Å². The number of rotatable bonds is 7. The average molecular weight is 466 g/mol. The van der Waals surface area contributed by atoms with E-state index in [1.165, 1.54) is 32.2 Å². The number of nitrogens with zero attached hydrogens (tertiary/aromatic N) is 2. The first kappa shape index (κ1) is 23.0. The van der Waals surface area contributed by atoms with Gasteiger partial charge >= 0.3 is 0 Å². The van der Waals surface area contributed by atoms with E-state index in [0.29, 0.717) is 6.54 Å². The van der Waals surface area contributed by atoms with Crippen LogP contribution >= 0.6 is 24.0 Å². The summed E-state index contributed by atoms with van der Waals surface area (Å²) in [5, 5.41) is 17.3. The van der Waals surface area contributed by atoms with Gasteiger partial charge in [0.2, 0.25) is 0 Å². The van der Waals surface area contributed by atoms with E-state index in [0.717, 1.165) is 63.7 Å². The molecule has 0 bridgehead atoms. The van der Waals surface area contributed by atoms with Gasteiger partial charge in [0.25, 0.3) is 0 Å². The molecular formula is C19H39IN4O. The van der Waals surface area contributed by atoms with Gasteiger partial charge in [-0.15, -0.1) is 24.0 Å². The SMILES string of the molecule is CCNC(=NCC1(O)CCCCC1)NCCCN1CCCCC1C.I. The summed E-state index contributed by atoms with van der Waals surface area (Å²) in [6.45, 7) is 9.16. The summed E-state index contributed by atoms with van der Waals surface area (Å²) < 4.78 is 0. The molecule has 1 heterocycles. The molecular weight excluding hydrogens is 427 g/mol. The summed E-state index contributed by atoms with van der Waals surface area (Å²) in [4.78, 5) is 7.25. The largest absolute Gasteiger partial charge is 0.388 e. The van der Waals surface area contributed by atoms with Crippen LogP contribution in [0.1, 0.15) is 71.6 Å². The maximum absolute atomic E-state index is 10.6. The number of guanidine groups is 1. The van der Waals surface area contributed by atoms with Crippen molar-refractivity contribution >= 4 is 29.9 Å². The molecule has 1 atom stereocenters. The molecule has 2 rings (SSSR count). The van der Waals surface area contributed by atoms with Crippen LogP contribution in [-0.4, -0.2) is 60.3 Å². The lowest BCUT2D eigenvalue weighted by Crippen LogP contribution is -2.42. The van der Waals surface area contributed by atoms with Crippen molar-refractivity contribution < 1.29 is 5.11 Å². The highest BCUT2D eigenvalue weighted by Gasteiger charge is 2.28. The van der Waals surface area contributed by atoms with Gasteiger partial charge in [-0.3, -0.25) is 4.99 Å². The van der Waals surface area contributed by atoms with Crippen LogP contribution in [-0.2, 0) is 0 Å². The summed E-state index contributed by atoms with van der Waals surface area (Å²) in [5.41, 5.74) is -0.580. The van der Waals surface area contributed by atoms with Crippen LogP contribution in [0.2, 0.25) is 0 Å². The fourth-order valence-electron chi connectivity index (χ4n) is 3.91. The molecule has 0 amide bonds. The van der Waals surface area contributed by atoms with E-state index in [4.69, 9.17) is 0 Å². The molecule has 0 aromatic rings. The number of halogens is 1. The van der Waals surface area contributed by atoms with E-state index in [1.807, 2.05) is 0 Å². The van der Waals surface area contributed by atoms with E-state index in [9.17, 15) is 5.11 Å². The van der Waals surface area contributed by atoms with Crippen LogP contribution in [0.5, 0.6) is 0 Å². The smallest absolute Gasteiger partial charge is 0.191 e. The Morgan fingerprint density at radius 1 is 1.16 bits per heavy atom. The highest BCUT2D eigenvalue weighted by molar-refractivity contribution is 14.0. The number of hydrogen-bond donors (Lipinski definition) is 3. The van der Waals surface area contributed by atoms with Crippen molar-refractivity contribution in [2.75, 3.05) is 32.7 Å². The van der Waals surface area contributed by atoms with Crippen molar-refractivity contribution in [2.45, 2.75) is 83.3 Å². The summed E-state index contributed by atoms with van der Waals surface area (Å²) in [5.74, 6) is 0.850. The Labute approximate surface area is 171 Å². The lowest BCUT2D eigenvalue weighted by Gasteiger charge is -2.33. The Morgan fingerprint density at radius 2 is 1.92 bits per heavy atom. The minimum Gasteiger partial charge on any atom is -0.388 e. The molecule has 1 saturated carbocycles. The van der Waals surface area contributed by atoms with E-state index < -0.39 is 5.60 Å². The topological polar surface area (TPSA) is 59.9 Å². The zero-order valence-electron chi connectivity index (χ0n) is 16.2. The predicted octanol–water partition coefficient (Wildman–Crippen LogP) is 3.12. The molecule has 0 spiro atoms. The first-order valence-corrected chi connectivity index (χ1v) is 10.1. The van der Waals surface area contributed by atoms with Crippen LogP contribution in [0.15, 0.2) is 4.99 Å². The van der Waals surface area contributed by atoms with E-state index >= 15 is 0 Å². The molecule has 0 radical (unpaired) electrons. The number of piperidine rings is 1. The number of hydrogen-bond acceptors (Lipinski definition) is 3. The third kappa shape index (κ3) is 8.43. The Hall–Kier alpha value is -0.0800. The highest BCUT2D eigenvalue weighted by Crippen LogP contribution is 2.28. The van der Waals surface area contributed by atoms with Crippen molar-refractivity contribution in [3.8, 4) is 0 Å².